The van der Waals surface area contributed by atoms with E-state index < -0.39 is 0 Å². The fraction of sp³-hybridized carbons (Fsp3) is 0.625. The van der Waals surface area contributed by atoms with Crippen LogP contribution in [0.3, 0.4) is 0 Å². The van der Waals surface area contributed by atoms with Crippen LogP contribution in [0, 0.1) is 0 Å². The van der Waals surface area contributed by atoms with E-state index in [9.17, 15) is 0 Å². The molecule has 0 aliphatic heterocycles. The van der Waals surface area contributed by atoms with Gasteiger partial charge in [0.05, 0.1) is 0 Å². The lowest BCUT2D eigenvalue weighted by molar-refractivity contribution is 0.698. The second-order valence-corrected chi connectivity index (χ2v) is 2.09. The Morgan fingerprint density at radius 1 is 1.22 bits per heavy atom. The molecule has 52 valence electrons. The predicted octanol–water partition coefficient (Wildman–Crippen LogP) is 2.43. The van der Waals surface area contributed by atoms with Gasteiger partial charge in [0.25, 0.3) is 0 Å². The highest BCUT2D eigenvalue weighted by Gasteiger charge is 1.83. The maximum Gasteiger partial charge on any atom is 0.0382 e. The third-order valence-corrected chi connectivity index (χ3v) is 1.22. The maximum absolute atomic E-state index is 3.76. The van der Waals surface area contributed by atoms with Crippen molar-refractivity contribution in [3.8, 4) is 0 Å². The number of allylic oxidation sites excluding steroid dienone is 1. The minimum Gasteiger partial charge on any atom is -0.301 e. The van der Waals surface area contributed by atoms with E-state index in [1.807, 2.05) is 6.08 Å². The smallest absolute Gasteiger partial charge is 0.0382 e. The van der Waals surface area contributed by atoms with Crippen molar-refractivity contribution in [3.05, 3.63) is 12.7 Å². The zero-order valence-corrected chi connectivity index (χ0v) is 5.97. The van der Waals surface area contributed by atoms with Gasteiger partial charge in [0.2, 0.25) is 0 Å². The summed E-state index contributed by atoms with van der Waals surface area (Å²) < 4.78 is 0. The lowest BCUT2D eigenvalue weighted by Crippen LogP contribution is -1.79. The molecule has 0 unspecified atom stereocenters. The van der Waals surface area contributed by atoms with Crippen molar-refractivity contribution >= 4 is 6.72 Å². The zero-order chi connectivity index (χ0) is 6.95. The van der Waals surface area contributed by atoms with Crippen LogP contribution in [0.2, 0.25) is 0 Å². The fourth-order valence-electron chi connectivity index (χ4n) is 0.689. The first-order valence-electron chi connectivity index (χ1n) is 3.45. The Labute approximate surface area is 57.5 Å². The highest BCUT2D eigenvalue weighted by atomic mass is 14.7. The highest BCUT2D eigenvalue weighted by Crippen LogP contribution is 1.99. The second kappa shape index (κ2) is 7.41. The number of rotatable bonds is 6. The van der Waals surface area contributed by atoms with Crippen LogP contribution < -0.4 is 0 Å². The number of nitrogens with zero attached hydrogens (tertiary/aromatic N) is 1. The summed E-state index contributed by atoms with van der Waals surface area (Å²) in [5.74, 6) is 0. The van der Waals surface area contributed by atoms with E-state index in [1.165, 1.54) is 19.3 Å². The van der Waals surface area contributed by atoms with E-state index in [4.69, 9.17) is 0 Å². The average molecular weight is 125 g/mol. The lowest BCUT2D eigenvalue weighted by atomic mass is 10.2. The molecule has 0 aliphatic carbocycles. The highest BCUT2D eigenvalue weighted by molar-refractivity contribution is 5.22. The van der Waals surface area contributed by atoms with Crippen LogP contribution in [0.15, 0.2) is 17.6 Å². The lowest BCUT2D eigenvalue weighted by Gasteiger charge is -1.92. The normalized spacial score (nSPS) is 8.89. The molecule has 1 nitrogen and oxygen atoms in total. The van der Waals surface area contributed by atoms with Crippen molar-refractivity contribution in [2.75, 3.05) is 6.54 Å². The van der Waals surface area contributed by atoms with E-state index in [0.29, 0.717) is 0 Å². The molecule has 0 radical (unpaired) electrons. The number of unbranched alkanes of at least 4 members (excludes halogenated alkanes) is 3. The monoisotopic (exact) mass is 125 g/mol. The van der Waals surface area contributed by atoms with Gasteiger partial charge in [-0.25, -0.2) is 0 Å². The van der Waals surface area contributed by atoms with Crippen molar-refractivity contribution < 1.29 is 0 Å². The van der Waals surface area contributed by atoms with Gasteiger partial charge in [0.1, 0.15) is 0 Å². The molecule has 9 heavy (non-hydrogen) atoms. The predicted molar refractivity (Wildman–Crippen MR) is 43.1 cm³/mol. The Bertz CT molecular complexity index is 66.6. The molecule has 0 heterocycles. The molecule has 0 aromatic heterocycles. The fourth-order valence-corrected chi connectivity index (χ4v) is 0.689. The van der Waals surface area contributed by atoms with Gasteiger partial charge in [-0.05, 0) is 26.0 Å². The molecule has 0 saturated heterocycles. The number of hydrogen-bond donors (Lipinski definition) is 0. The number of aliphatic imine (C=N–C) groups is 1. The van der Waals surface area contributed by atoms with Crippen LogP contribution in [-0.2, 0) is 0 Å². The van der Waals surface area contributed by atoms with Gasteiger partial charge < -0.3 is 4.99 Å². The first-order chi connectivity index (χ1) is 4.41. The van der Waals surface area contributed by atoms with Gasteiger partial charge in [0, 0.05) is 6.54 Å². The van der Waals surface area contributed by atoms with E-state index in [1.54, 1.807) is 0 Å². The van der Waals surface area contributed by atoms with Crippen molar-refractivity contribution in [1.82, 2.24) is 0 Å². The molecule has 1 heteroatoms. The first kappa shape index (κ1) is 8.41. The minimum atomic E-state index is 0.914. The van der Waals surface area contributed by atoms with Gasteiger partial charge in [-0.3, -0.25) is 0 Å². The van der Waals surface area contributed by atoms with Crippen LogP contribution in [-0.4, -0.2) is 13.3 Å². The SMILES string of the molecule is C=CCCCCCN=C. The van der Waals surface area contributed by atoms with Crippen LogP contribution in [0.25, 0.3) is 0 Å². The van der Waals surface area contributed by atoms with E-state index in [-0.39, 0.29) is 0 Å². The molecule has 0 spiro atoms. The van der Waals surface area contributed by atoms with E-state index in [0.717, 1.165) is 13.0 Å². The summed E-state index contributed by atoms with van der Waals surface area (Å²) in [5.41, 5.74) is 0. The Hall–Kier alpha value is -0.590. The van der Waals surface area contributed by atoms with Crippen molar-refractivity contribution in [2.45, 2.75) is 25.7 Å². The second-order valence-electron chi connectivity index (χ2n) is 2.09. The zero-order valence-electron chi connectivity index (χ0n) is 5.97. The average Bonchev–Trinajstić information content (AvgIpc) is 1.89. The maximum atomic E-state index is 3.76. The molecule has 0 N–H and O–H groups in total. The molecule has 0 amide bonds. The largest absolute Gasteiger partial charge is 0.301 e. The molecule has 0 bridgehead atoms. The minimum absolute atomic E-state index is 0.914. The molecular formula is C8H15N. The molecule has 0 aromatic rings. The third kappa shape index (κ3) is 7.41. The summed E-state index contributed by atoms with van der Waals surface area (Å²) in [7, 11) is 0. The molecule has 0 atom stereocenters. The third-order valence-electron chi connectivity index (χ3n) is 1.22. The van der Waals surface area contributed by atoms with Crippen molar-refractivity contribution in [3.63, 3.8) is 0 Å². The molecule has 0 aliphatic rings. The quantitative estimate of drug-likeness (QED) is 0.294. The van der Waals surface area contributed by atoms with Crippen molar-refractivity contribution in [1.29, 1.82) is 0 Å². The van der Waals surface area contributed by atoms with Crippen molar-refractivity contribution in [2.24, 2.45) is 4.99 Å². The van der Waals surface area contributed by atoms with Gasteiger partial charge in [-0.15, -0.1) is 6.58 Å². The summed E-state index contributed by atoms with van der Waals surface area (Å²) in [6, 6.07) is 0. The van der Waals surface area contributed by atoms with Gasteiger partial charge in [0.15, 0.2) is 0 Å². The summed E-state index contributed by atoms with van der Waals surface area (Å²) >= 11 is 0. The molecule has 0 aromatic carbocycles. The van der Waals surface area contributed by atoms with E-state index >= 15 is 0 Å². The number of hydrogen-bond acceptors (Lipinski definition) is 1. The Kier molecular flexibility index (Phi) is 6.92. The Morgan fingerprint density at radius 2 is 2.00 bits per heavy atom. The van der Waals surface area contributed by atoms with E-state index in [2.05, 4.69) is 18.3 Å². The van der Waals surface area contributed by atoms with Gasteiger partial charge in [-0.1, -0.05) is 12.5 Å². The summed E-state index contributed by atoms with van der Waals surface area (Å²) in [6.07, 6.45) is 6.78. The van der Waals surface area contributed by atoms with Crippen LogP contribution in [0.5, 0.6) is 0 Å². The van der Waals surface area contributed by atoms with Crippen LogP contribution in [0.1, 0.15) is 25.7 Å². The van der Waals surface area contributed by atoms with Gasteiger partial charge >= 0.3 is 0 Å². The summed E-state index contributed by atoms with van der Waals surface area (Å²) in [5, 5.41) is 0. The molecule has 0 fully saturated rings. The summed E-state index contributed by atoms with van der Waals surface area (Å²) in [4.78, 5) is 3.76. The van der Waals surface area contributed by atoms with Crippen LogP contribution >= 0.6 is 0 Å². The Morgan fingerprint density at radius 3 is 2.56 bits per heavy atom. The summed E-state index contributed by atoms with van der Waals surface area (Å²) in [6.45, 7) is 7.96. The van der Waals surface area contributed by atoms with Crippen LogP contribution in [0.4, 0.5) is 0 Å². The van der Waals surface area contributed by atoms with Gasteiger partial charge in [-0.2, -0.15) is 0 Å². The molecular weight excluding hydrogens is 110 g/mol. The molecule has 0 saturated carbocycles. The topological polar surface area (TPSA) is 12.4 Å². The molecule has 0 rings (SSSR count). The standard InChI is InChI=1S/C8H15N/c1-3-4-5-6-7-8-9-2/h3H,1-2,4-8H2. The Balaban J connectivity index is 2.74. The first-order valence-corrected chi connectivity index (χ1v) is 3.45.